The zero-order chi connectivity index (χ0) is 12.3. The Kier molecular flexibility index (Phi) is 3.34. The summed E-state index contributed by atoms with van der Waals surface area (Å²) in [5.74, 6) is 1.43. The first-order chi connectivity index (χ1) is 8.22. The van der Waals surface area contributed by atoms with E-state index in [1.807, 2.05) is 12.1 Å². The largest absolute Gasteiger partial charge is 0.497 e. The number of anilines is 3. The first-order valence-electron chi connectivity index (χ1n) is 4.93. The average Bonchev–Trinajstić information content (AvgIpc) is 2.75. The van der Waals surface area contributed by atoms with Gasteiger partial charge in [0.1, 0.15) is 16.5 Å². The lowest BCUT2D eigenvalue weighted by Gasteiger charge is -2.10. The predicted octanol–water partition coefficient (Wildman–Crippen LogP) is 2.49. The molecule has 0 saturated heterocycles. The molecule has 0 aliphatic heterocycles. The number of thiazole rings is 1. The van der Waals surface area contributed by atoms with Gasteiger partial charge in [-0.15, -0.1) is 0 Å². The molecule has 5 nitrogen and oxygen atoms in total. The van der Waals surface area contributed by atoms with E-state index >= 15 is 0 Å². The monoisotopic (exact) mass is 251 g/mol. The molecule has 0 unspecified atom stereocenters. The zero-order valence-electron chi connectivity index (χ0n) is 9.56. The SMILES string of the molecule is COc1ccc(Nc2ncc(N)s2)c(OC)c1. The van der Waals surface area contributed by atoms with Gasteiger partial charge < -0.3 is 20.5 Å². The Morgan fingerprint density at radius 1 is 1.29 bits per heavy atom. The smallest absolute Gasteiger partial charge is 0.189 e. The molecule has 2 rings (SSSR count). The van der Waals surface area contributed by atoms with Crippen LogP contribution in [0.1, 0.15) is 0 Å². The molecule has 0 aliphatic carbocycles. The van der Waals surface area contributed by atoms with Crippen LogP contribution in [-0.2, 0) is 0 Å². The third-order valence-corrected chi connectivity index (χ3v) is 2.92. The second-order valence-electron chi connectivity index (χ2n) is 3.26. The maximum Gasteiger partial charge on any atom is 0.189 e. The Balaban J connectivity index is 2.26. The molecule has 0 atom stereocenters. The van der Waals surface area contributed by atoms with E-state index in [-0.39, 0.29) is 0 Å². The van der Waals surface area contributed by atoms with Crippen molar-refractivity contribution >= 4 is 27.2 Å². The summed E-state index contributed by atoms with van der Waals surface area (Å²) in [6, 6.07) is 5.52. The van der Waals surface area contributed by atoms with E-state index in [0.717, 1.165) is 16.6 Å². The molecule has 17 heavy (non-hydrogen) atoms. The zero-order valence-corrected chi connectivity index (χ0v) is 10.4. The van der Waals surface area contributed by atoms with Crippen LogP contribution in [0.25, 0.3) is 0 Å². The molecule has 0 spiro atoms. The van der Waals surface area contributed by atoms with Gasteiger partial charge in [-0.3, -0.25) is 0 Å². The molecule has 1 aromatic heterocycles. The van der Waals surface area contributed by atoms with E-state index in [9.17, 15) is 0 Å². The summed E-state index contributed by atoms with van der Waals surface area (Å²) >= 11 is 1.38. The van der Waals surface area contributed by atoms with Crippen LogP contribution < -0.4 is 20.5 Å². The van der Waals surface area contributed by atoms with Crippen LogP contribution in [0.3, 0.4) is 0 Å². The van der Waals surface area contributed by atoms with Crippen molar-refractivity contribution < 1.29 is 9.47 Å². The van der Waals surface area contributed by atoms with Gasteiger partial charge in [0.05, 0.1) is 26.1 Å². The highest BCUT2D eigenvalue weighted by Gasteiger charge is 2.07. The quantitative estimate of drug-likeness (QED) is 0.873. The highest BCUT2D eigenvalue weighted by molar-refractivity contribution is 7.19. The average molecular weight is 251 g/mol. The second kappa shape index (κ2) is 4.92. The number of methoxy groups -OCH3 is 2. The molecule has 3 N–H and O–H groups in total. The maximum absolute atomic E-state index is 5.61. The molecule has 0 aliphatic rings. The van der Waals surface area contributed by atoms with Crippen LogP contribution in [-0.4, -0.2) is 19.2 Å². The van der Waals surface area contributed by atoms with Crippen molar-refractivity contribution in [3.8, 4) is 11.5 Å². The third-order valence-electron chi connectivity index (χ3n) is 2.17. The van der Waals surface area contributed by atoms with Gasteiger partial charge in [0.25, 0.3) is 0 Å². The van der Waals surface area contributed by atoms with Crippen LogP contribution in [0.2, 0.25) is 0 Å². The van der Waals surface area contributed by atoms with Crippen LogP contribution in [0, 0.1) is 0 Å². The van der Waals surface area contributed by atoms with Crippen molar-refractivity contribution in [3.63, 3.8) is 0 Å². The molecule has 6 heteroatoms. The van der Waals surface area contributed by atoms with Gasteiger partial charge >= 0.3 is 0 Å². The lowest BCUT2D eigenvalue weighted by atomic mass is 10.3. The number of hydrogen-bond donors (Lipinski definition) is 2. The van der Waals surface area contributed by atoms with E-state index in [2.05, 4.69) is 10.3 Å². The van der Waals surface area contributed by atoms with Crippen molar-refractivity contribution in [3.05, 3.63) is 24.4 Å². The Hall–Kier alpha value is -1.95. The molecule has 0 fully saturated rings. The highest BCUT2D eigenvalue weighted by Crippen LogP contribution is 2.32. The standard InChI is InChI=1S/C11H13N3O2S/c1-15-7-3-4-8(9(5-7)16-2)14-11-13-6-10(12)17-11/h3-6H,12H2,1-2H3,(H,13,14). The minimum atomic E-state index is 0.667. The van der Waals surface area contributed by atoms with Crippen LogP contribution in [0.4, 0.5) is 15.8 Å². The topological polar surface area (TPSA) is 69.4 Å². The summed E-state index contributed by atoms with van der Waals surface area (Å²) in [6.45, 7) is 0. The number of nitrogens with zero attached hydrogens (tertiary/aromatic N) is 1. The van der Waals surface area contributed by atoms with E-state index in [1.54, 1.807) is 26.5 Å². The first kappa shape index (κ1) is 11.5. The molecular formula is C11H13N3O2S. The van der Waals surface area contributed by atoms with Crippen molar-refractivity contribution in [2.75, 3.05) is 25.3 Å². The van der Waals surface area contributed by atoms with Crippen molar-refractivity contribution in [1.82, 2.24) is 4.98 Å². The number of nitrogens with two attached hydrogens (primary N) is 1. The van der Waals surface area contributed by atoms with Crippen molar-refractivity contribution in [2.45, 2.75) is 0 Å². The minimum absolute atomic E-state index is 0.667. The van der Waals surface area contributed by atoms with Crippen molar-refractivity contribution in [2.24, 2.45) is 0 Å². The van der Waals surface area contributed by atoms with Crippen LogP contribution >= 0.6 is 11.3 Å². The molecule has 0 bridgehead atoms. The molecule has 0 amide bonds. The predicted molar refractivity (Wildman–Crippen MR) is 69.4 cm³/mol. The molecule has 90 valence electrons. The Labute approximate surface area is 103 Å². The van der Waals surface area contributed by atoms with Gasteiger partial charge in [-0.25, -0.2) is 4.98 Å². The summed E-state index contributed by atoms with van der Waals surface area (Å²) in [6.07, 6.45) is 1.61. The molecule has 0 saturated carbocycles. The van der Waals surface area contributed by atoms with Gasteiger partial charge in [-0.2, -0.15) is 0 Å². The molecule has 0 radical (unpaired) electrons. The Morgan fingerprint density at radius 3 is 2.71 bits per heavy atom. The van der Waals surface area contributed by atoms with Gasteiger partial charge in [-0.05, 0) is 12.1 Å². The van der Waals surface area contributed by atoms with E-state index in [0.29, 0.717) is 10.8 Å². The van der Waals surface area contributed by atoms with E-state index in [4.69, 9.17) is 15.2 Å². The molecule has 1 aromatic carbocycles. The summed E-state index contributed by atoms with van der Waals surface area (Å²) in [5.41, 5.74) is 6.44. The van der Waals surface area contributed by atoms with Gasteiger partial charge in [0.15, 0.2) is 5.13 Å². The number of benzene rings is 1. The van der Waals surface area contributed by atoms with E-state index < -0.39 is 0 Å². The number of rotatable bonds is 4. The second-order valence-corrected chi connectivity index (χ2v) is 4.32. The van der Waals surface area contributed by atoms with Crippen molar-refractivity contribution in [1.29, 1.82) is 0 Å². The molecule has 1 heterocycles. The fourth-order valence-corrected chi connectivity index (χ4v) is 1.96. The maximum atomic E-state index is 5.61. The lowest BCUT2D eigenvalue weighted by molar-refractivity contribution is 0.395. The summed E-state index contributed by atoms with van der Waals surface area (Å²) in [5, 5.41) is 4.54. The van der Waals surface area contributed by atoms with Gasteiger partial charge in [-0.1, -0.05) is 11.3 Å². The van der Waals surface area contributed by atoms with Crippen LogP contribution in [0.15, 0.2) is 24.4 Å². The third kappa shape index (κ3) is 2.59. The Bertz CT molecular complexity index is 513. The lowest BCUT2D eigenvalue weighted by Crippen LogP contribution is -1.94. The summed E-state index contributed by atoms with van der Waals surface area (Å²) in [7, 11) is 3.22. The summed E-state index contributed by atoms with van der Waals surface area (Å²) < 4.78 is 10.4. The number of hydrogen-bond acceptors (Lipinski definition) is 6. The fraction of sp³-hybridized carbons (Fsp3) is 0.182. The van der Waals surface area contributed by atoms with Gasteiger partial charge in [0.2, 0.25) is 0 Å². The summed E-state index contributed by atoms with van der Waals surface area (Å²) in [4.78, 5) is 4.12. The highest BCUT2D eigenvalue weighted by atomic mass is 32.1. The fourth-order valence-electron chi connectivity index (χ4n) is 1.36. The van der Waals surface area contributed by atoms with E-state index in [1.165, 1.54) is 11.3 Å². The Morgan fingerprint density at radius 2 is 2.12 bits per heavy atom. The van der Waals surface area contributed by atoms with Crippen LogP contribution in [0.5, 0.6) is 11.5 Å². The first-order valence-corrected chi connectivity index (χ1v) is 5.75. The normalized spacial score (nSPS) is 10.0. The number of ether oxygens (including phenoxy) is 2. The van der Waals surface area contributed by atoms with Gasteiger partial charge in [0, 0.05) is 6.07 Å². The molecule has 2 aromatic rings. The number of nitrogen functional groups attached to an aromatic ring is 1. The number of aromatic nitrogens is 1. The number of nitrogens with one attached hydrogen (secondary N) is 1. The minimum Gasteiger partial charge on any atom is -0.497 e. The molecular weight excluding hydrogens is 238 g/mol.